The normalized spacial score (nSPS) is 11.8. The molecule has 0 saturated heterocycles. The zero-order valence-corrected chi connectivity index (χ0v) is 11.4. The maximum absolute atomic E-state index is 13.2. The molecule has 1 N–H and O–H groups in total. The zero-order chi connectivity index (χ0) is 15.9. The summed E-state index contributed by atoms with van der Waals surface area (Å²) in [4.78, 5) is 0. The van der Waals surface area contributed by atoms with Gasteiger partial charge >= 0.3 is 6.18 Å². The molecule has 0 bridgehead atoms. The Balaban J connectivity index is 2.21. The van der Waals surface area contributed by atoms with Crippen LogP contribution in [-0.4, -0.2) is 12.2 Å². The van der Waals surface area contributed by atoms with Gasteiger partial charge in [0, 0.05) is 17.0 Å². The van der Waals surface area contributed by atoms with Crippen LogP contribution in [0.3, 0.4) is 0 Å². The number of benzene rings is 2. The van der Waals surface area contributed by atoms with Crippen molar-refractivity contribution >= 4 is 11.0 Å². The average molecular weight is 308 g/mol. The summed E-state index contributed by atoms with van der Waals surface area (Å²) in [6, 6.07) is 9.56. The van der Waals surface area contributed by atoms with Gasteiger partial charge in [-0.2, -0.15) is 13.2 Å². The van der Waals surface area contributed by atoms with Gasteiger partial charge in [0.2, 0.25) is 0 Å². The Morgan fingerprint density at radius 3 is 2.50 bits per heavy atom. The molecule has 0 atom stereocenters. The Morgan fingerprint density at radius 1 is 1.05 bits per heavy atom. The second-order valence-corrected chi connectivity index (χ2v) is 4.74. The Labute approximate surface area is 123 Å². The average Bonchev–Trinajstić information content (AvgIpc) is 2.88. The number of alkyl halides is 3. The van der Waals surface area contributed by atoms with Crippen LogP contribution in [0.15, 0.2) is 46.9 Å². The molecule has 0 saturated carbocycles. The molecule has 0 radical (unpaired) electrons. The van der Waals surface area contributed by atoms with Crippen LogP contribution >= 0.6 is 0 Å². The van der Waals surface area contributed by atoms with Crippen molar-refractivity contribution in [2.75, 3.05) is 7.11 Å². The van der Waals surface area contributed by atoms with Crippen molar-refractivity contribution in [1.29, 1.82) is 0 Å². The Hall–Kier alpha value is -2.63. The number of methoxy groups -OCH3 is 1. The lowest BCUT2D eigenvalue weighted by Gasteiger charge is -2.12. The van der Waals surface area contributed by atoms with Gasteiger partial charge in [-0.1, -0.05) is 0 Å². The van der Waals surface area contributed by atoms with Crippen molar-refractivity contribution in [3.05, 3.63) is 48.0 Å². The van der Waals surface area contributed by atoms with E-state index in [0.717, 1.165) is 6.07 Å². The lowest BCUT2D eigenvalue weighted by atomic mass is 10.0. The van der Waals surface area contributed by atoms with Crippen LogP contribution in [0.4, 0.5) is 13.2 Å². The zero-order valence-electron chi connectivity index (χ0n) is 11.4. The number of furan rings is 1. The van der Waals surface area contributed by atoms with E-state index in [1.54, 1.807) is 6.07 Å². The van der Waals surface area contributed by atoms with Gasteiger partial charge in [0.05, 0.1) is 12.7 Å². The lowest BCUT2D eigenvalue weighted by Crippen LogP contribution is -2.07. The van der Waals surface area contributed by atoms with E-state index in [1.165, 1.54) is 37.4 Å². The quantitative estimate of drug-likeness (QED) is 0.737. The summed E-state index contributed by atoms with van der Waals surface area (Å²) >= 11 is 0. The smallest absolute Gasteiger partial charge is 0.417 e. The van der Waals surface area contributed by atoms with Crippen LogP contribution in [-0.2, 0) is 6.18 Å². The fraction of sp³-hybridized carbons (Fsp3) is 0.125. The number of rotatable bonds is 2. The van der Waals surface area contributed by atoms with E-state index in [4.69, 9.17) is 9.15 Å². The summed E-state index contributed by atoms with van der Waals surface area (Å²) < 4.78 is 50.0. The van der Waals surface area contributed by atoms with Gasteiger partial charge in [-0.15, -0.1) is 0 Å². The first-order valence-electron chi connectivity index (χ1n) is 6.36. The van der Waals surface area contributed by atoms with Crippen molar-refractivity contribution in [3.63, 3.8) is 0 Å². The van der Waals surface area contributed by atoms with Gasteiger partial charge in [-0.3, -0.25) is 0 Å². The van der Waals surface area contributed by atoms with E-state index in [9.17, 15) is 18.3 Å². The molecule has 2 aromatic carbocycles. The molecule has 6 heteroatoms. The predicted molar refractivity (Wildman–Crippen MR) is 74.9 cm³/mol. The first-order valence-corrected chi connectivity index (χ1v) is 6.36. The van der Waals surface area contributed by atoms with E-state index in [0.29, 0.717) is 11.0 Å². The molecule has 3 rings (SSSR count). The largest absolute Gasteiger partial charge is 0.508 e. The standard InChI is InChI=1S/C16H11F3O3/c1-21-11-4-5-12(13(8-11)16(17,18)19)15-6-9-2-3-10(20)7-14(9)22-15/h2-8,20H,1H3. The third-order valence-corrected chi connectivity index (χ3v) is 3.30. The molecular weight excluding hydrogens is 297 g/mol. The number of aromatic hydroxyl groups is 1. The summed E-state index contributed by atoms with van der Waals surface area (Å²) in [6.07, 6.45) is -4.54. The molecule has 0 spiro atoms. The summed E-state index contributed by atoms with van der Waals surface area (Å²) in [5, 5.41) is 10.0. The number of hydrogen-bond donors (Lipinski definition) is 1. The second kappa shape index (κ2) is 4.98. The van der Waals surface area contributed by atoms with E-state index < -0.39 is 11.7 Å². The van der Waals surface area contributed by atoms with Gasteiger partial charge < -0.3 is 14.3 Å². The Bertz CT molecular complexity index is 834. The lowest BCUT2D eigenvalue weighted by molar-refractivity contribution is -0.137. The van der Waals surface area contributed by atoms with Crippen LogP contribution in [0.2, 0.25) is 0 Å². The number of fused-ring (bicyclic) bond motifs is 1. The molecule has 0 unspecified atom stereocenters. The highest BCUT2D eigenvalue weighted by Gasteiger charge is 2.35. The molecule has 0 aliphatic carbocycles. The highest BCUT2D eigenvalue weighted by atomic mass is 19.4. The molecule has 114 valence electrons. The van der Waals surface area contributed by atoms with Crippen LogP contribution in [0, 0.1) is 0 Å². The Kier molecular flexibility index (Phi) is 3.24. The van der Waals surface area contributed by atoms with E-state index in [1.807, 2.05) is 0 Å². The number of hydrogen-bond acceptors (Lipinski definition) is 3. The molecule has 3 nitrogen and oxygen atoms in total. The molecule has 0 aliphatic heterocycles. The van der Waals surface area contributed by atoms with Gasteiger partial charge in [0.25, 0.3) is 0 Å². The SMILES string of the molecule is COc1ccc(-c2cc3ccc(O)cc3o2)c(C(F)(F)F)c1. The fourth-order valence-corrected chi connectivity index (χ4v) is 2.25. The number of phenols is 1. The van der Waals surface area contributed by atoms with Gasteiger partial charge in [0.15, 0.2) is 0 Å². The fourth-order valence-electron chi connectivity index (χ4n) is 2.25. The topological polar surface area (TPSA) is 42.6 Å². The highest BCUT2D eigenvalue weighted by molar-refractivity contribution is 5.84. The minimum absolute atomic E-state index is 0.0147. The van der Waals surface area contributed by atoms with E-state index in [-0.39, 0.29) is 22.8 Å². The molecule has 22 heavy (non-hydrogen) atoms. The maximum Gasteiger partial charge on any atom is 0.417 e. The summed E-state index contributed by atoms with van der Waals surface area (Å²) in [6.45, 7) is 0. The van der Waals surface area contributed by atoms with E-state index in [2.05, 4.69) is 0 Å². The van der Waals surface area contributed by atoms with Crippen molar-refractivity contribution < 1.29 is 27.4 Å². The van der Waals surface area contributed by atoms with Crippen molar-refractivity contribution in [3.8, 4) is 22.8 Å². The minimum atomic E-state index is -4.54. The number of phenolic OH excluding ortho intramolecular Hbond substituents is 1. The number of halogens is 3. The third kappa shape index (κ3) is 2.47. The molecule has 0 aliphatic rings. The Morgan fingerprint density at radius 2 is 1.82 bits per heavy atom. The molecule has 1 heterocycles. The van der Waals surface area contributed by atoms with Crippen molar-refractivity contribution in [2.24, 2.45) is 0 Å². The molecule has 1 aromatic heterocycles. The van der Waals surface area contributed by atoms with Gasteiger partial charge in [0.1, 0.15) is 22.8 Å². The van der Waals surface area contributed by atoms with Crippen LogP contribution in [0.5, 0.6) is 11.5 Å². The third-order valence-electron chi connectivity index (χ3n) is 3.30. The monoisotopic (exact) mass is 308 g/mol. The highest BCUT2D eigenvalue weighted by Crippen LogP contribution is 2.40. The van der Waals surface area contributed by atoms with Crippen LogP contribution < -0.4 is 4.74 Å². The first-order chi connectivity index (χ1) is 10.4. The molecule has 0 fully saturated rings. The van der Waals surface area contributed by atoms with E-state index >= 15 is 0 Å². The minimum Gasteiger partial charge on any atom is -0.508 e. The van der Waals surface area contributed by atoms with Crippen molar-refractivity contribution in [1.82, 2.24) is 0 Å². The van der Waals surface area contributed by atoms with Crippen LogP contribution in [0.1, 0.15) is 5.56 Å². The number of ether oxygens (including phenoxy) is 1. The van der Waals surface area contributed by atoms with Gasteiger partial charge in [-0.05, 0) is 36.4 Å². The summed E-state index contributed by atoms with van der Waals surface area (Å²) in [5.74, 6) is 0.180. The molecule has 0 amide bonds. The van der Waals surface area contributed by atoms with Gasteiger partial charge in [-0.25, -0.2) is 0 Å². The predicted octanol–water partition coefficient (Wildman–Crippen LogP) is 4.83. The first kappa shape index (κ1) is 14.3. The van der Waals surface area contributed by atoms with Crippen molar-refractivity contribution in [2.45, 2.75) is 6.18 Å². The van der Waals surface area contributed by atoms with Crippen LogP contribution in [0.25, 0.3) is 22.3 Å². The second-order valence-electron chi connectivity index (χ2n) is 4.74. The molecular formula is C16H11F3O3. The maximum atomic E-state index is 13.2. The summed E-state index contributed by atoms with van der Waals surface area (Å²) in [7, 11) is 1.30. The summed E-state index contributed by atoms with van der Waals surface area (Å²) in [5.41, 5.74) is -0.599. The molecule has 3 aromatic rings.